The van der Waals surface area contributed by atoms with E-state index >= 15 is 0 Å². The normalized spacial score (nSPS) is 11.8. The van der Waals surface area contributed by atoms with Gasteiger partial charge in [0.1, 0.15) is 11.0 Å². The van der Waals surface area contributed by atoms with E-state index in [4.69, 9.17) is 15.5 Å². The molecule has 0 fully saturated rings. The minimum Gasteiger partial charge on any atom is -0.477 e. The summed E-state index contributed by atoms with van der Waals surface area (Å²) in [6.07, 6.45) is 4.64. The summed E-state index contributed by atoms with van der Waals surface area (Å²) >= 11 is 0. The molecule has 0 aromatic carbocycles. The van der Waals surface area contributed by atoms with Gasteiger partial charge in [0.25, 0.3) is 0 Å². The van der Waals surface area contributed by atoms with E-state index < -0.39 is 6.55 Å². The van der Waals surface area contributed by atoms with Crippen LogP contribution in [0.1, 0.15) is 50.2 Å². The Hall–Kier alpha value is -3.56. The van der Waals surface area contributed by atoms with Crippen molar-refractivity contribution in [1.82, 2.24) is 29.5 Å². The number of ether oxygens (including phenoxy) is 1. The highest BCUT2D eigenvalue weighted by molar-refractivity contribution is 5.95. The third-order valence-electron chi connectivity index (χ3n) is 5.18. The zero-order valence-corrected chi connectivity index (χ0v) is 18.4. The highest BCUT2D eigenvalue weighted by atomic mass is 19.3. The molecule has 0 unspecified atom stereocenters. The van der Waals surface area contributed by atoms with E-state index in [1.165, 1.54) is 12.4 Å². The molecule has 4 heterocycles. The molecule has 4 aromatic rings. The van der Waals surface area contributed by atoms with Crippen LogP contribution >= 0.6 is 0 Å². The average Bonchev–Trinajstić information content (AvgIpc) is 3.36. The predicted octanol–water partition coefficient (Wildman–Crippen LogP) is 4.55. The topological polar surface area (TPSA) is 96.7 Å². The van der Waals surface area contributed by atoms with E-state index in [1.54, 1.807) is 12.3 Å². The van der Waals surface area contributed by atoms with Crippen molar-refractivity contribution in [3.63, 3.8) is 0 Å². The molecule has 0 aliphatic heterocycles. The van der Waals surface area contributed by atoms with E-state index in [0.717, 1.165) is 11.2 Å². The number of nitrogen functional groups attached to an aromatic ring is 1. The quantitative estimate of drug-likeness (QED) is 0.452. The summed E-state index contributed by atoms with van der Waals surface area (Å²) in [7, 11) is 0. The number of aryl methyl sites for hydroxylation is 1. The molecule has 0 spiro atoms. The standard InChI is InChI=1S/C22H25F2N7O/c1-5-32-21-15(7-6-8-26-21)19-16(9-14-10-27-30(11-14)22(23)24)17(25)20-18(28-19)13(4)29-31(20)12(2)3/h6-8,10-12,22H,5,9H2,1-4H3,(H2,25,28). The Kier molecular flexibility index (Phi) is 5.77. The molecule has 0 bridgehead atoms. The second-order valence-corrected chi connectivity index (χ2v) is 7.75. The van der Waals surface area contributed by atoms with Crippen molar-refractivity contribution >= 4 is 16.7 Å². The zero-order valence-electron chi connectivity index (χ0n) is 18.4. The van der Waals surface area contributed by atoms with E-state index in [9.17, 15) is 8.78 Å². The minimum absolute atomic E-state index is 0.0629. The van der Waals surface area contributed by atoms with Crippen LogP contribution in [0, 0.1) is 6.92 Å². The summed E-state index contributed by atoms with van der Waals surface area (Å²) in [5.41, 5.74) is 11.9. The molecule has 0 atom stereocenters. The monoisotopic (exact) mass is 441 g/mol. The molecule has 0 saturated carbocycles. The molecule has 32 heavy (non-hydrogen) atoms. The van der Waals surface area contributed by atoms with Crippen LogP contribution in [0.3, 0.4) is 0 Å². The summed E-state index contributed by atoms with van der Waals surface area (Å²) in [5, 5.41) is 8.38. The van der Waals surface area contributed by atoms with Gasteiger partial charge >= 0.3 is 6.55 Å². The summed E-state index contributed by atoms with van der Waals surface area (Å²) in [6, 6.07) is 3.72. The predicted molar refractivity (Wildman–Crippen MR) is 118 cm³/mol. The SMILES string of the molecule is CCOc1ncccc1-c1nc2c(C)nn(C(C)C)c2c(N)c1Cc1cnn(C(F)F)c1. The van der Waals surface area contributed by atoms with Crippen molar-refractivity contribution in [2.24, 2.45) is 0 Å². The molecule has 0 saturated heterocycles. The van der Waals surface area contributed by atoms with Crippen molar-refractivity contribution in [2.75, 3.05) is 12.3 Å². The van der Waals surface area contributed by atoms with E-state index in [0.29, 0.717) is 50.8 Å². The van der Waals surface area contributed by atoms with Crippen LogP contribution in [0.2, 0.25) is 0 Å². The molecule has 4 rings (SSSR count). The van der Waals surface area contributed by atoms with Crippen molar-refractivity contribution < 1.29 is 13.5 Å². The first-order chi connectivity index (χ1) is 15.3. The number of hydrogen-bond donors (Lipinski definition) is 1. The van der Waals surface area contributed by atoms with E-state index in [1.807, 2.05) is 38.4 Å². The molecule has 2 N–H and O–H groups in total. The Balaban J connectivity index is 1.99. The highest BCUT2D eigenvalue weighted by Gasteiger charge is 2.24. The lowest BCUT2D eigenvalue weighted by molar-refractivity contribution is 0.0565. The number of aromatic nitrogens is 6. The Morgan fingerprint density at radius 2 is 2.03 bits per heavy atom. The van der Waals surface area contributed by atoms with Crippen LogP contribution in [0.15, 0.2) is 30.7 Å². The average molecular weight is 441 g/mol. The first-order valence-corrected chi connectivity index (χ1v) is 10.4. The smallest absolute Gasteiger partial charge is 0.333 e. The Morgan fingerprint density at radius 3 is 2.69 bits per heavy atom. The largest absolute Gasteiger partial charge is 0.477 e. The second-order valence-electron chi connectivity index (χ2n) is 7.75. The fraction of sp³-hybridized carbons (Fsp3) is 0.364. The lowest BCUT2D eigenvalue weighted by Gasteiger charge is -2.16. The van der Waals surface area contributed by atoms with Crippen LogP contribution in [-0.4, -0.2) is 36.1 Å². The lowest BCUT2D eigenvalue weighted by atomic mass is 9.98. The van der Waals surface area contributed by atoms with Crippen LogP contribution in [0.25, 0.3) is 22.3 Å². The molecular weight excluding hydrogens is 416 g/mol. The van der Waals surface area contributed by atoms with Crippen LogP contribution < -0.4 is 10.5 Å². The van der Waals surface area contributed by atoms with Gasteiger partial charge in [0.05, 0.1) is 35.4 Å². The van der Waals surface area contributed by atoms with Gasteiger partial charge in [-0.15, -0.1) is 0 Å². The Labute approximate surface area is 184 Å². The molecule has 0 aliphatic carbocycles. The summed E-state index contributed by atoms with van der Waals surface area (Å²) < 4.78 is 34.3. The van der Waals surface area contributed by atoms with Gasteiger partial charge in [-0.3, -0.25) is 4.68 Å². The van der Waals surface area contributed by atoms with Crippen LogP contribution in [-0.2, 0) is 6.42 Å². The number of fused-ring (bicyclic) bond motifs is 1. The molecular formula is C22H25F2N7O. The van der Waals surface area contributed by atoms with Gasteiger partial charge in [0, 0.05) is 30.4 Å². The van der Waals surface area contributed by atoms with Gasteiger partial charge in [0.15, 0.2) is 0 Å². The number of rotatable bonds is 7. The number of anilines is 1. The van der Waals surface area contributed by atoms with Crippen molar-refractivity contribution in [3.8, 4) is 17.1 Å². The summed E-state index contributed by atoms with van der Waals surface area (Å²) in [6.45, 7) is 5.51. The molecule has 10 heteroatoms. The Bertz CT molecular complexity index is 1260. The second kappa shape index (κ2) is 8.52. The number of alkyl halides is 2. The van der Waals surface area contributed by atoms with Gasteiger partial charge < -0.3 is 10.5 Å². The zero-order chi connectivity index (χ0) is 23.0. The maximum atomic E-state index is 13.1. The van der Waals surface area contributed by atoms with Crippen molar-refractivity contribution in [2.45, 2.75) is 46.7 Å². The van der Waals surface area contributed by atoms with Crippen molar-refractivity contribution in [1.29, 1.82) is 0 Å². The van der Waals surface area contributed by atoms with Crippen LogP contribution in [0.5, 0.6) is 5.88 Å². The van der Waals surface area contributed by atoms with Crippen molar-refractivity contribution in [3.05, 3.63) is 47.5 Å². The number of nitrogens with zero attached hydrogens (tertiary/aromatic N) is 6. The summed E-state index contributed by atoms with van der Waals surface area (Å²) in [4.78, 5) is 9.28. The van der Waals surface area contributed by atoms with Gasteiger partial charge in [0.2, 0.25) is 5.88 Å². The fourth-order valence-corrected chi connectivity index (χ4v) is 3.75. The minimum atomic E-state index is -2.71. The Morgan fingerprint density at radius 1 is 1.25 bits per heavy atom. The molecule has 168 valence electrons. The van der Waals surface area contributed by atoms with Gasteiger partial charge in [-0.2, -0.15) is 19.0 Å². The lowest BCUT2D eigenvalue weighted by Crippen LogP contribution is -2.08. The molecule has 0 amide bonds. The maximum Gasteiger partial charge on any atom is 0.333 e. The number of nitrogens with two attached hydrogens (primary N) is 1. The molecule has 0 radical (unpaired) electrons. The summed E-state index contributed by atoms with van der Waals surface area (Å²) in [5.74, 6) is 0.430. The number of halogens is 2. The molecule has 8 nitrogen and oxygen atoms in total. The first-order valence-electron chi connectivity index (χ1n) is 10.4. The van der Waals surface area contributed by atoms with Crippen LogP contribution in [0.4, 0.5) is 14.5 Å². The van der Waals surface area contributed by atoms with E-state index in [-0.39, 0.29) is 12.5 Å². The number of pyridine rings is 2. The third kappa shape index (κ3) is 3.76. The van der Waals surface area contributed by atoms with E-state index in [2.05, 4.69) is 15.2 Å². The first kappa shape index (κ1) is 21.7. The van der Waals surface area contributed by atoms with Gasteiger partial charge in [-0.05, 0) is 45.4 Å². The number of hydrogen-bond acceptors (Lipinski definition) is 6. The highest BCUT2D eigenvalue weighted by Crippen LogP contribution is 2.38. The molecule has 4 aromatic heterocycles. The maximum absolute atomic E-state index is 13.1. The van der Waals surface area contributed by atoms with Gasteiger partial charge in [-0.1, -0.05) is 0 Å². The van der Waals surface area contributed by atoms with Gasteiger partial charge in [-0.25, -0.2) is 14.6 Å². The fourth-order valence-electron chi connectivity index (χ4n) is 3.75. The third-order valence-corrected chi connectivity index (χ3v) is 5.18. The molecule has 0 aliphatic rings.